The summed E-state index contributed by atoms with van der Waals surface area (Å²) in [6.07, 6.45) is 34.3. The van der Waals surface area contributed by atoms with Crippen LogP contribution in [0.4, 0.5) is 0 Å². The minimum absolute atomic E-state index is 0. The Morgan fingerprint density at radius 2 is 0.625 bits per heavy atom. The minimum atomic E-state index is 0. The van der Waals surface area contributed by atoms with Crippen LogP contribution in [0.25, 0.3) is 0 Å². The smallest absolute Gasteiger partial charge is 0.132 e. The fourth-order valence-corrected chi connectivity index (χ4v) is 5.77. The van der Waals surface area contributed by atoms with Gasteiger partial charge >= 0.3 is 0 Å². The standard InChI is InChI=1S/C35H77N3.2BrH/c1-7-9-11-13-15-17-19-21-23-25-28-32-37(3,4)33-30-27-31-36-35-38(5,6)34-29-26-24-22-20-18-16-14-12-10-8-2;;/h36H,7-35H2,1-6H3;2*1H/q+2;;/p-2. The molecule has 0 aliphatic heterocycles. The Bertz CT molecular complexity index is 430. The van der Waals surface area contributed by atoms with Gasteiger partial charge in [0.2, 0.25) is 0 Å². The Balaban J connectivity index is -0.00000684. The molecule has 0 aliphatic carbocycles. The highest BCUT2D eigenvalue weighted by atomic mass is 79.9. The molecule has 5 heteroatoms. The van der Waals surface area contributed by atoms with E-state index in [1.165, 1.54) is 185 Å². The number of quaternary nitrogens is 2. The van der Waals surface area contributed by atoms with Gasteiger partial charge in [-0.15, -0.1) is 0 Å². The number of halogens is 2. The first-order valence-electron chi connectivity index (χ1n) is 17.7. The van der Waals surface area contributed by atoms with Crippen molar-refractivity contribution in [2.75, 3.05) is 61.0 Å². The van der Waals surface area contributed by atoms with Crippen LogP contribution in [0, 0.1) is 0 Å². The molecule has 0 fully saturated rings. The first-order chi connectivity index (χ1) is 18.3. The predicted octanol–water partition coefficient (Wildman–Crippen LogP) is 4.10. The SMILES string of the molecule is CCCCCCCCCCCCC[N+](C)(C)CCCCNC[N+](C)(C)CCCCCCCCCCCCC.[Br-].[Br-]. The van der Waals surface area contributed by atoms with Crippen LogP contribution in [0.2, 0.25) is 0 Å². The summed E-state index contributed by atoms with van der Waals surface area (Å²) in [5.74, 6) is 0. The van der Waals surface area contributed by atoms with Crippen molar-refractivity contribution < 1.29 is 42.9 Å². The molecule has 0 aromatic carbocycles. The quantitative estimate of drug-likeness (QED) is 0.0654. The maximum Gasteiger partial charge on any atom is 0.132 e. The molecule has 0 heterocycles. The summed E-state index contributed by atoms with van der Waals surface area (Å²) in [5, 5.41) is 3.76. The van der Waals surface area contributed by atoms with E-state index in [1.54, 1.807) is 0 Å². The maximum atomic E-state index is 3.76. The van der Waals surface area contributed by atoms with Gasteiger partial charge in [0.1, 0.15) is 6.67 Å². The molecule has 0 amide bonds. The van der Waals surface area contributed by atoms with Crippen LogP contribution < -0.4 is 39.3 Å². The third kappa shape index (κ3) is 35.0. The van der Waals surface area contributed by atoms with Crippen molar-refractivity contribution in [3.05, 3.63) is 0 Å². The number of rotatable bonds is 31. The largest absolute Gasteiger partial charge is 1.00 e. The molecule has 0 saturated carbocycles. The summed E-state index contributed by atoms with van der Waals surface area (Å²) in [7, 11) is 9.68. The average molecular weight is 700 g/mol. The molecule has 0 aromatic rings. The molecule has 0 atom stereocenters. The molecule has 0 saturated heterocycles. The lowest BCUT2D eigenvalue weighted by Crippen LogP contribution is -3.00. The van der Waals surface area contributed by atoms with Crippen molar-refractivity contribution in [1.29, 1.82) is 0 Å². The van der Waals surface area contributed by atoms with Crippen LogP contribution in [0.15, 0.2) is 0 Å². The molecule has 40 heavy (non-hydrogen) atoms. The van der Waals surface area contributed by atoms with Gasteiger partial charge in [-0.05, 0) is 38.5 Å². The zero-order valence-electron chi connectivity index (χ0n) is 28.7. The van der Waals surface area contributed by atoms with Gasteiger partial charge in [-0.25, -0.2) is 0 Å². The van der Waals surface area contributed by atoms with E-state index in [9.17, 15) is 0 Å². The second-order valence-electron chi connectivity index (χ2n) is 14.0. The van der Waals surface area contributed by atoms with E-state index in [-0.39, 0.29) is 34.0 Å². The zero-order valence-corrected chi connectivity index (χ0v) is 31.8. The topological polar surface area (TPSA) is 12.0 Å². The average Bonchev–Trinajstić information content (AvgIpc) is 2.87. The lowest BCUT2D eigenvalue weighted by molar-refractivity contribution is -0.893. The Morgan fingerprint density at radius 3 is 0.975 bits per heavy atom. The minimum Gasteiger partial charge on any atom is -1.00 e. The van der Waals surface area contributed by atoms with Crippen LogP contribution in [-0.4, -0.2) is 70.0 Å². The number of hydrogen-bond donors (Lipinski definition) is 1. The molecule has 0 aliphatic rings. The monoisotopic (exact) mass is 697 g/mol. The van der Waals surface area contributed by atoms with Crippen LogP contribution in [0.3, 0.4) is 0 Å². The van der Waals surface area contributed by atoms with Crippen molar-refractivity contribution in [2.24, 2.45) is 0 Å². The van der Waals surface area contributed by atoms with E-state index in [0.717, 1.165) is 11.2 Å². The van der Waals surface area contributed by atoms with Gasteiger partial charge in [0.05, 0.1) is 47.8 Å². The molecule has 0 spiro atoms. The van der Waals surface area contributed by atoms with Crippen molar-refractivity contribution in [3.8, 4) is 0 Å². The van der Waals surface area contributed by atoms with E-state index >= 15 is 0 Å². The molecule has 1 N–H and O–H groups in total. The number of nitrogens with zero attached hydrogens (tertiary/aromatic N) is 2. The summed E-state index contributed by atoms with van der Waals surface area (Å²) in [6.45, 7) is 10.9. The second-order valence-corrected chi connectivity index (χ2v) is 14.0. The Morgan fingerprint density at radius 1 is 0.350 bits per heavy atom. The van der Waals surface area contributed by atoms with Gasteiger partial charge < -0.3 is 42.9 Å². The van der Waals surface area contributed by atoms with E-state index in [0.29, 0.717) is 0 Å². The summed E-state index contributed by atoms with van der Waals surface area (Å²) < 4.78 is 2.33. The van der Waals surface area contributed by atoms with E-state index in [2.05, 4.69) is 47.4 Å². The number of nitrogens with one attached hydrogen (secondary N) is 1. The number of hydrogen-bond acceptors (Lipinski definition) is 1. The molecule has 0 radical (unpaired) electrons. The molecule has 0 bridgehead atoms. The van der Waals surface area contributed by atoms with Gasteiger partial charge in [0.15, 0.2) is 0 Å². The van der Waals surface area contributed by atoms with Crippen molar-refractivity contribution in [3.63, 3.8) is 0 Å². The number of unbranched alkanes of at least 4 members (excludes halogenated alkanes) is 21. The van der Waals surface area contributed by atoms with Gasteiger partial charge in [0.25, 0.3) is 0 Å². The van der Waals surface area contributed by atoms with Crippen LogP contribution in [0.5, 0.6) is 0 Å². The molecule has 0 aromatic heterocycles. The van der Waals surface area contributed by atoms with Crippen molar-refractivity contribution in [1.82, 2.24) is 5.32 Å². The highest BCUT2D eigenvalue weighted by Gasteiger charge is 2.15. The normalized spacial score (nSPS) is 11.8. The van der Waals surface area contributed by atoms with E-state index in [1.807, 2.05) is 0 Å². The Hall–Kier alpha value is 0.840. The highest BCUT2D eigenvalue weighted by molar-refractivity contribution is 4.51. The molecule has 3 nitrogen and oxygen atoms in total. The summed E-state index contributed by atoms with van der Waals surface area (Å²) >= 11 is 0. The van der Waals surface area contributed by atoms with Crippen LogP contribution in [0.1, 0.15) is 168 Å². The Kier molecular flexibility index (Phi) is 37.1. The highest BCUT2D eigenvalue weighted by Crippen LogP contribution is 2.14. The van der Waals surface area contributed by atoms with Crippen molar-refractivity contribution >= 4 is 0 Å². The first-order valence-corrected chi connectivity index (χ1v) is 17.7. The third-order valence-electron chi connectivity index (χ3n) is 8.64. The maximum absolute atomic E-state index is 3.76. The Labute approximate surface area is 276 Å². The summed E-state index contributed by atoms with van der Waals surface area (Å²) in [5.41, 5.74) is 0. The van der Waals surface area contributed by atoms with Gasteiger partial charge in [0, 0.05) is 6.54 Å². The van der Waals surface area contributed by atoms with Crippen LogP contribution >= 0.6 is 0 Å². The molecule has 0 rings (SSSR count). The van der Waals surface area contributed by atoms with E-state index in [4.69, 9.17) is 0 Å². The fourth-order valence-electron chi connectivity index (χ4n) is 5.77. The molecule has 0 unspecified atom stereocenters. The summed E-state index contributed by atoms with van der Waals surface area (Å²) in [6, 6.07) is 0. The lowest BCUT2D eigenvalue weighted by Gasteiger charge is -2.31. The lowest BCUT2D eigenvalue weighted by atomic mass is 10.1. The molecular formula is C35H77Br2N3. The van der Waals surface area contributed by atoms with Gasteiger partial charge in [-0.2, -0.15) is 0 Å². The third-order valence-corrected chi connectivity index (χ3v) is 8.64. The van der Waals surface area contributed by atoms with Gasteiger partial charge in [-0.3, -0.25) is 5.32 Å². The second kappa shape index (κ2) is 32.7. The molecular weight excluding hydrogens is 622 g/mol. The fraction of sp³-hybridized carbons (Fsp3) is 1.00. The summed E-state index contributed by atoms with van der Waals surface area (Å²) in [4.78, 5) is 0. The predicted molar refractivity (Wildman–Crippen MR) is 174 cm³/mol. The van der Waals surface area contributed by atoms with E-state index < -0.39 is 0 Å². The van der Waals surface area contributed by atoms with Crippen molar-refractivity contribution in [2.45, 2.75) is 168 Å². The molecule has 246 valence electrons. The zero-order chi connectivity index (χ0) is 28.2. The van der Waals surface area contributed by atoms with Crippen LogP contribution in [-0.2, 0) is 0 Å². The first kappa shape index (κ1) is 45.3. The van der Waals surface area contributed by atoms with Gasteiger partial charge in [-0.1, -0.05) is 129 Å².